The first-order valence-electron chi connectivity index (χ1n) is 5.84. The number of piperidine rings is 1. The second-order valence-electron chi connectivity index (χ2n) is 3.95. The van der Waals surface area contributed by atoms with Crippen LogP contribution in [0.4, 0.5) is 0 Å². The highest BCUT2D eigenvalue weighted by Crippen LogP contribution is 2.08. The zero-order valence-corrected chi connectivity index (χ0v) is 9.08. The van der Waals surface area contributed by atoms with Gasteiger partial charge in [0.25, 0.3) is 0 Å². The first kappa shape index (κ1) is 12.0. The van der Waals surface area contributed by atoms with E-state index in [4.69, 9.17) is 9.84 Å². The Labute approximate surface area is 87.1 Å². The van der Waals surface area contributed by atoms with Crippen LogP contribution in [-0.4, -0.2) is 49.5 Å². The first-order valence-corrected chi connectivity index (χ1v) is 5.84. The molecule has 0 spiro atoms. The molecule has 0 saturated carbocycles. The van der Waals surface area contributed by atoms with E-state index in [1.54, 1.807) is 0 Å². The van der Waals surface area contributed by atoms with Crippen molar-refractivity contribution in [2.45, 2.75) is 32.1 Å². The van der Waals surface area contributed by atoms with E-state index in [2.05, 4.69) is 4.90 Å². The van der Waals surface area contributed by atoms with Gasteiger partial charge in [-0.3, -0.25) is 0 Å². The lowest BCUT2D eigenvalue weighted by molar-refractivity contribution is 0.103. The van der Waals surface area contributed by atoms with Gasteiger partial charge in [-0.15, -0.1) is 0 Å². The van der Waals surface area contributed by atoms with Crippen molar-refractivity contribution in [1.29, 1.82) is 0 Å². The number of aliphatic hydroxyl groups excluding tert-OH is 1. The molecule has 1 aliphatic rings. The topological polar surface area (TPSA) is 32.7 Å². The first-order chi connectivity index (χ1) is 6.93. The molecule has 1 heterocycles. The maximum atomic E-state index is 8.54. The van der Waals surface area contributed by atoms with E-state index < -0.39 is 0 Å². The lowest BCUT2D eigenvalue weighted by Gasteiger charge is -2.26. The van der Waals surface area contributed by atoms with E-state index in [1.165, 1.54) is 38.9 Å². The van der Waals surface area contributed by atoms with Crippen LogP contribution in [0.15, 0.2) is 0 Å². The molecule has 0 aliphatic carbocycles. The van der Waals surface area contributed by atoms with Gasteiger partial charge in [-0.25, -0.2) is 0 Å². The fourth-order valence-corrected chi connectivity index (χ4v) is 1.84. The number of hydrogen-bond acceptors (Lipinski definition) is 3. The Morgan fingerprint density at radius 1 is 1.00 bits per heavy atom. The van der Waals surface area contributed by atoms with Crippen LogP contribution in [0, 0.1) is 0 Å². The van der Waals surface area contributed by atoms with E-state index in [-0.39, 0.29) is 6.61 Å². The smallest absolute Gasteiger partial charge is 0.0487 e. The highest BCUT2D eigenvalue weighted by Gasteiger charge is 2.08. The SMILES string of the molecule is OCCCOCCCN1CCCCC1. The van der Waals surface area contributed by atoms with Crippen LogP contribution in [0.5, 0.6) is 0 Å². The summed E-state index contributed by atoms with van der Waals surface area (Å²) in [6.07, 6.45) is 6.04. The molecule has 3 nitrogen and oxygen atoms in total. The number of hydrogen-bond donors (Lipinski definition) is 1. The standard InChI is InChI=1S/C11H23NO2/c13-9-5-11-14-10-4-8-12-6-2-1-3-7-12/h13H,1-11H2. The minimum atomic E-state index is 0.242. The van der Waals surface area contributed by atoms with Crippen molar-refractivity contribution in [2.75, 3.05) is 39.5 Å². The maximum absolute atomic E-state index is 8.54. The molecule has 0 unspecified atom stereocenters. The van der Waals surface area contributed by atoms with Crippen molar-refractivity contribution >= 4 is 0 Å². The Hall–Kier alpha value is -0.120. The van der Waals surface area contributed by atoms with Gasteiger partial charge in [0.1, 0.15) is 0 Å². The van der Waals surface area contributed by atoms with Crippen LogP contribution in [0.1, 0.15) is 32.1 Å². The summed E-state index contributed by atoms with van der Waals surface area (Å²) < 4.78 is 5.38. The minimum absolute atomic E-state index is 0.242. The number of nitrogens with zero attached hydrogens (tertiary/aromatic N) is 1. The predicted molar refractivity (Wildman–Crippen MR) is 57.4 cm³/mol. The lowest BCUT2D eigenvalue weighted by atomic mass is 10.1. The quantitative estimate of drug-likeness (QED) is 0.629. The average molecular weight is 201 g/mol. The Morgan fingerprint density at radius 2 is 1.71 bits per heavy atom. The molecule has 0 aromatic rings. The summed E-state index contributed by atoms with van der Waals surface area (Å²) in [4.78, 5) is 2.53. The minimum Gasteiger partial charge on any atom is -0.396 e. The van der Waals surface area contributed by atoms with Crippen molar-refractivity contribution in [3.63, 3.8) is 0 Å². The Morgan fingerprint density at radius 3 is 2.43 bits per heavy atom. The lowest BCUT2D eigenvalue weighted by Crippen LogP contribution is -2.31. The van der Waals surface area contributed by atoms with Crippen LogP contribution >= 0.6 is 0 Å². The van der Waals surface area contributed by atoms with E-state index >= 15 is 0 Å². The summed E-state index contributed by atoms with van der Waals surface area (Å²) in [6.45, 7) is 5.52. The maximum Gasteiger partial charge on any atom is 0.0487 e. The Balaban J connectivity index is 1.82. The van der Waals surface area contributed by atoms with Crippen LogP contribution < -0.4 is 0 Å². The van der Waals surface area contributed by atoms with Crippen LogP contribution in [-0.2, 0) is 4.74 Å². The van der Waals surface area contributed by atoms with Crippen molar-refractivity contribution in [2.24, 2.45) is 0 Å². The van der Waals surface area contributed by atoms with Crippen molar-refractivity contribution < 1.29 is 9.84 Å². The van der Waals surface area contributed by atoms with Gasteiger partial charge in [0.2, 0.25) is 0 Å². The van der Waals surface area contributed by atoms with Gasteiger partial charge >= 0.3 is 0 Å². The van der Waals surface area contributed by atoms with Crippen LogP contribution in [0.3, 0.4) is 0 Å². The molecule has 0 bridgehead atoms. The van der Waals surface area contributed by atoms with Crippen molar-refractivity contribution in [3.05, 3.63) is 0 Å². The molecule has 1 fully saturated rings. The molecule has 14 heavy (non-hydrogen) atoms. The zero-order chi connectivity index (χ0) is 10.1. The monoisotopic (exact) mass is 201 g/mol. The summed E-state index contributed by atoms with van der Waals surface area (Å²) in [5.74, 6) is 0. The summed E-state index contributed by atoms with van der Waals surface area (Å²) in [7, 11) is 0. The van der Waals surface area contributed by atoms with Gasteiger partial charge in [-0.05, 0) is 38.8 Å². The molecule has 0 aromatic heterocycles. The summed E-state index contributed by atoms with van der Waals surface area (Å²) >= 11 is 0. The summed E-state index contributed by atoms with van der Waals surface area (Å²) in [5.41, 5.74) is 0. The largest absolute Gasteiger partial charge is 0.396 e. The number of aliphatic hydroxyl groups is 1. The Bertz CT molecular complexity index is 124. The molecule has 84 valence electrons. The van der Waals surface area contributed by atoms with Gasteiger partial charge in [0, 0.05) is 26.4 Å². The van der Waals surface area contributed by atoms with Gasteiger partial charge in [0.15, 0.2) is 0 Å². The van der Waals surface area contributed by atoms with E-state index in [1.807, 2.05) is 0 Å². The molecular formula is C11H23NO2. The van der Waals surface area contributed by atoms with Gasteiger partial charge in [-0.1, -0.05) is 6.42 Å². The zero-order valence-electron chi connectivity index (χ0n) is 9.08. The number of ether oxygens (including phenoxy) is 1. The molecule has 3 heteroatoms. The highest BCUT2D eigenvalue weighted by atomic mass is 16.5. The molecule has 1 N–H and O–H groups in total. The third-order valence-corrected chi connectivity index (χ3v) is 2.66. The van der Waals surface area contributed by atoms with Gasteiger partial charge < -0.3 is 14.7 Å². The predicted octanol–water partition coefficient (Wildman–Crippen LogP) is 1.26. The summed E-state index contributed by atoms with van der Waals surface area (Å²) in [6, 6.07) is 0. The Kier molecular flexibility index (Phi) is 7.01. The van der Waals surface area contributed by atoms with E-state index in [0.29, 0.717) is 6.61 Å². The highest BCUT2D eigenvalue weighted by molar-refractivity contribution is 4.63. The molecule has 1 saturated heterocycles. The number of rotatable bonds is 7. The molecular weight excluding hydrogens is 178 g/mol. The average Bonchev–Trinajstić information content (AvgIpc) is 2.25. The van der Waals surface area contributed by atoms with Crippen molar-refractivity contribution in [1.82, 2.24) is 4.90 Å². The fraction of sp³-hybridized carbons (Fsp3) is 1.00. The van der Waals surface area contributed by atoms with E-state index in [0.717, 1.165) is 19.4 Å². The molecule has 0 atom stereocenters. The molecule has 1 rings (SSSR count). The second kappa shape index (κ2) is 8.21. The third kappa shape index (κ3) is 5.58. The third-order valence-electron chi connectivity index (χ3n) is 2.66. The molecule has 0 amide bonds. The van der Waals surface area contributed by atoms with Crippen LogP contribution in [0.25, 0.3) is 0 Å². The van der Waals surface area contributed by atoms with Crippen molar-refractivity contribution in [3.8, 4) is 0 Å². The molecule has 1 aliphatic heterocycles. The van der Waals surface area contributed by atoms with Crippen LogP contribution in [0.2, 0.25) is 0 Å². The second-order valence-corrected chi connectivity index (χ2v) is 3.95. The normalized spacial score (nSPS) is 18.6. The van der Waals surface area contributed by atoms with E-state index in [9.17, 15) is 0 Å². The number of likely N-dealkylation sites (tertiary alicyclic amines) is 1. The van der Waals surface area contributed by atoms with Gasteiger partial charge in [-0.2, -0.15) is 0 Å². The fourth-order valence-electron chi connectivity index (χ4n) is 1.84. The summed E-state index contributed by atoms with van der Waals surface area (Å²) in [5, 5.41) is 8.54. The molecule has 0 aromatic carbocycles. The van der Waals surface area contributed by atoms with Gasteiger partial charge in [0.05, 0.1) is 0 Å². The molecule has 0 radical (unpaired) electrons.